The highest BCUT2D eigenvalue weighted by molar-refractivity contribution is 5.77. The van der Waals surface area contributed by atoms with Gasteiger partial charge in [0.05, 0.1) is 157 Å². The summed E-state index contributed by atoms with van der Waals surface area (Å²) in [4.78, 5) is 37.1. The van der Waals surface area contributed by atoms with Crippen molar-refractivity contribution in [2.75, 3.05) is 179 Å². The van der Waals surface area contributed by atoms with E-state index in [9.17, 15) is 14.4 Å². The van der Waals surface area contributed by atoms with E-state index >= 15 is 0 Å². The van der Waals surface area contributed by atoms with E-state index in [-0.39, 0.29) is 76.3 Å². The van der Waals surface area contributed by atoms with Gasteiger partial charge in [0.15, 0.2) is 0 Å². The molecule has 1 atom stereocenters. The Hall–Kier alpha value is -2.11. The number of carbonyl (C=O) groups is 3. The summed E-state index contributed by atoms with van der Waals surface area (Å²) in [7, 11) is 1.62. The summed E-state index contributed by atoms with van der Waals surface area (Å²) in [6.07, 6.45) is 1.44. The molecule has 0 aromatic heterocycles. The topological polar surface area (TPSA) is 207 Å². The second-order valence-corrected chi connectivity index (χ2v) is 13.7. The van der Waals surface area contributed by atoms with E-state index < -0.39 is 6.04 Å². The zero-order chi connectivity index (χ0) is 43.3. The summed E-state index contributed by atoms with van der Waals surface area (Å²) >= 11 is 0. The Labute approximate surface area is 353 Å². The van der Waals surface area contributed by atoms with Crippen LogP contribution in [0.15, 0.2) is 0 Å². The molecule has 0 spiro atoms. The fraction of sp³-hybridized carbons (Fsp3) is 0.925. The molecule has 0 saturated carbocycles. The second kappa shape index (κ2) is 45.4. The number of ether oxygens (including phenoxy) is 13. The van der Waals surface area contributed by atoms with E-state index in [1.54, 1.807) is 7.11 Å². The average Bonchev–Trinajstić information content (AvgIpc) is 3.20. The zero-order valence-corrected chi connectivity index (χ0v) is 36.8. The predicted molar refractivity (Wildman–Crippen MR) is 219 cm³/mol. The number of amides is 3. The van der Waals surface area contributed by atoms with Crippen molar-refractivity contribution in [1.82, 2.24) is 16.0 Å². The summed E-state index contributed by atoms with van der Waals surface area (Å²) in [5.41, 5.74) is 0. The lowest BCUT2D eigenvalue weighted by atomic mass is 10.1. The van der Waals surface area contributed by atoms with E-state index in [0.29, 0.717) is 138 Å². The Kier molecular flexibility index (Phi) is 43.8. The molecule has 0 rings (SSSR count). The van der Waals surface area contributed by atoms with Crippen LogP contribution in [-0.4, -0.2) is 209 Å². The van der Waals surface area contributed by atoms with Crippen molar-refractivity contribution in [2.24, 2.45) is 5.92 Å². The van der Waals surface area contributed by atoms with Gasteiger partial charge in [0.1, 0.15) is 6.61 Å². The maximum absolute atomic E-state index is 12.6. The van der Waals surface area contributed by atoms with Gasteiger partial charge in [-0.3, -0.25) is 14.4 Å². The zero-order valence-electron chi connectivity index (χ0n) is 36.8. The molecule has 0 aromatic carbocycles. The minimum absolute atomic E-state index is 0.0902. The Balaban J connectivity index is 4.26. The van der Waals surface area contributed by atoms with Gasteiger partial charge in [0, 0.05) is 39.6 Å². The lowest BCUT2D eigenvalue weighted by Crippen LogP contribution is -2.43. The third-order valence-corrected chi connectivity index (χ3v) is 7.50. The summed E-state index contributed by atoms with van der Waals surface area (Å²) in [5.74, 6) is -0.153. The van der Waals surface area contributed by atoms with Crippen LogP contribution in [0.25, 0.3) is 0 Å². The highest BCUT2D eigenvalue weighted by atomic mass is 16.6. The number of nitrogens with one attached hydrogen (secondary N) is 3. The molecule has 0 heterocycles. The average molecular weight is 858 g/mol. The van der Waals surface area contributed by atoms with Gasteiger partial charge in [-0.15, -0.1) is 0 Å². The Morgan fingerprint density at radius 3 is 1.24 bits per heavy atom. The third kappa shape index (κ3) is 46.8. The number of carbonyl (C=O) groups excluding carboxylic acids is 3. The van der Waals surface area contributed by atoms with E-state index in [2.05, 4.69) is 29.8 Å². The smallest absolute Gasteiger partial charge is 0.246 e. The van der Waals surface area contributed by atoms with Crippen LogP contribution in [0.3, 0.4) is 0 Å². The summed E-state index contributed by atoms with van der Waals surface area (Å²) < 4.78 is 70.7. The summed E-state index contributed by atoms with van der Waals surface area (Å²) in [6.45, 7) is 17.9. The molecular weight excluding hydrogens is 778 g/mol. The quantitative estimate of drug-likeness (QED) is 0.0724. The van der Waals surface area contributed by atoms with Crippen molar-refractivity contribution in [2.45, 2.75) is 59.1 Å². The molecule has 3 N–H and O–H groups in total. The van der Waals surface area contributed by atoms with Crippen LogP contribution >= 0.6 is 0 Å². The molecule has 350 valence electrons. The van der Waals surface area contributed by atoms with Crippen LogP contribution in [0.4, 0.5) is 0 Å². The summed E-state index contributed by atoms with van der Waals surface area (Å²) in [6, 6.07) is -0.537. The normalized spacial score (nSPS) is 12.1. The Morgan fingerprint density at radius 2 is 0.814 bits per heavy atom. The molecule has 0 aliphatic rings. The minimum atomic E-state index is -0.537. The second-order valence-electron chi connectivity index (χ2n) is 13.7. The van der Waals surface area contributed by atoms with Crippen LogP contribution in [0.1, 0.15) is 47.0 Å². The molecule has 19 heteroatoms. The molecule has 0 radical (unpaired) electrons. The first kappa shape index (κ1) is 56.9. The largest absolute Gasteiger partial charge is 0.382 e. The molecular formula is C40H79N3O16. The van der Waals surface area contributed by atoms with Gasteiger partial charge >= 0.3 is 0 Å². The van der Waals surface area contributed by atoms with Gasteiger partial charge in [0.25, 0.3) is 0 Å². The van der Waals surface area contributed by atoms with Crippen molar-refractivity contribution in [1.29, 1.82) is 0 Å². The molecule has 59 heavy (non-hydrogen) atoms. The van der Waals surface area contributed by atoms with E-state index in [4.69, 9.17) is 61.6 Å². The van der Waals surface area contributed by atoms with Crippen LogP contribution in [0.2, 0.25) is 0 Å². The van der Waals surface area contributed by atoms with Gasteiger partial charge in [-0.25, -0.2) is 0 Å². The lowest BCUT2D eigenvalue weighted by molar-refractivity contribution is -0.129. The molecule has 0 aliphatic carbocycles. The summed E-state index contributed by atoms with van der Waals surface area (Å²) in [5, 5.41) is 8.39. The fourth-order valence-electron chi connectivity index (χ4n) is 4.38. The molecule has 0 bridgehead atoms. The monoisotopic (exact) mass is 858 g/mol. The van der Waals surface area contributed by atoms with Crippen molar-refractivity contribution in [3.63, 3.8) is 0 Å². The molecule has 0 aliphatic heterocycles. The maximum atomic E-state index is 12.6. The van der Waals surface area contributed by atoms with Gasteiger partial charge in [-0.05, 0) is 26.2 Å². The van der Waals surface area contributed by atoms with E-state index in [1.165, 1.54) is 0 Å². The van der Waals surface area contributed by atoms with E-state index in [0.717, 1.165) is 6.42 Å². The maximum Gasteiger partial charge on any atom is 0.246 e. The number of methoxy groups -OCH3 is 1. The first-order valence-corrected chi connectivity index (χ1v) is 21.0. The highest BCUT2D eigenvalue weighted by Gasteiger charge is 2.15. The van der Waals surface area contributed by atoms with Crippen LogP contribution < -0.4 is 16.0 Å². The number of hydrogen-bond donors (Lipinski definition) is 3. The first-order chi connectivity index (χ1) is 28.7. The minimum Gasteiger partial charge on any atom is -0.382 e. The van der Waals surface area contributed by atoms with Crippen molar-refractivity contribution >= 4 is 17.7 Å². The lowest BCUT2D eigenvalue weighted by Gasteiger charge is -2.19. The van der Waals surface area contributed by atoms with Crippen molar-refractivity contribution in [3.8, 4) is 0 Å². The third-order valence-electron chi connectivity index (χ3n) is 7.50. The van der Waals surface area contributed by atoms with Gasteiger partial charge in [0.2, 0.25) is 17.7 Å². The molecule has 0 aromatic rings. The van der Waals surface area contributed by atoms with Crippen molar-refractivity contribution in [3.05, 3.63) is 0 Å². The van der Waals surface area contributed by atoms with Crippen molar-refractivity contribution < 1.29 is 76.0 Å². The van der Waals surface area contributed by atoms with Crippen LogP contribution in [0, 0.1) is 5.92 Å². The van der Waals surface area contributed by atoms with E-state index in [1.807, 2.05) is 13.8 Å². The van der Waals surface area contributed by atoms with Gasteiger partial charge in [-0.1, -0.05) is 13.8 Å². The Morgan fingerprint density at radius 1 is 0.424 bits per heavy atom. The predicted octanol–water partition coefficient (Wildman–Crippen LogP) is 0.784. The standard InChI is InChI=1S/C40H79N3O16/c1-35(2)6-11-48-18-21-54-28-29-58-34-40(46)43-37(32-56-12-7-38(44)41-9-14-49-19-22-52-25-24-51-17-16-47-5)33-57-13-8-39(45)42-10-15-50-20-23-53-26-27-55-30-31-59-36(3)4/h35-37H,6-34H2,1-5H3,(H,41,44)(H,42,45)(H,43,46). The molecule has 0 fully saturated rings. The highest BCUT2D eigenvalue weighted by Crippen LogP contribution is 1.99. The van der Waals surface area contributed by atoms with Crippen LogP contribution in [0.5, 0.6) is 0 Å². The SMILES string of the molecule is COCCOCCOCCOCCNC(=O)CCOCC(COCCC(=O)NCCOCCOCCOCCOC(C)C)NC(=O)COCCOCCOCCC(C)C. The van der Waals surface area contributed by atoms with Gasteiger partial charge < -0.3 is 77.5 Å². The first-order valence-electron chi connectivity index (χ1n) is 21.0. The van der Waals surface area contributed by atoms with Crippen LogP contribution in [-0.2, 0) is 76.0 Å². The fourth-order valence-corrected chi connectivity index (χ4v) is 4.38. The Bertz CT molecular complexity index is 938. The number of rotatable bonds is 47. The van der Waals surface area contributed by atoms with Gasteiger partial charge in [-0.2, -0.15) is 0 Å². The molecule has 0 saturated heterocycles. The molecule has 3 amide bonds. The molecule has 1 unspecified atom stereocenters. The number of hydrogen-bond acceptors (Lipinski definition) is 16. The molecule has 19 nitrogen and oxygen atoms in total.